The lowest BCUT2D eigenvalue weighted by Crippen LogP contribution is -2.41. The number of carbonyl (C=O) groups excluding carboxylic acids is 1. The van der Waals surface area contributed by atoms with Crippen LogP contribution in [0.4, 0.5) is 5.69 Å². The molecule has 8 nitrogen and oxygen atoms in total. The van der Waals surface area contributed by atoms with E-state index < -0.39 is 19.9 Å². The minimum atomic E-state index is -3.59. The zero-order valence-corrected chi connectivity index (χ0v) is 17.9. The molecule has 1 aromatic rings. The predicted octanol–water partition coefficient (Wildman–Crippen LogP) is 0.611. The number of anilines is 1. The third-order valence-corrected chi connectivity index (χ3v) is 8.54. The monoisotopic (exact) mass is 417 g/mol. The Morgan fingerprint density at radius 1 is 1.22 bits per heavy atom. The van der Waals surface area contributed by atoms with E-state index in [2.05, 4.69) is 5.32 Å². The molecule has 1 amide bonds. The summed E-state index contributed by atoms with van der Waals surface area (Å²) in [6.45, 7) is 3.62. The Balaban J connectivity index is 2.15. The Morgan fingerprint density at radius 2 is 1.85 bits per heavy atom. The van der Waals surface area contributed by atoms with Crippen LogP contribution in [0.5, 0.6) is 0 Å². The number of sulfone groups is 1. The van der Waals surface area contributed by atoms with E-state index in [1.807, 2.05) is 13.8 Å². The molecule has 10 heteroatoms. The Kier molecular flexibility index (Phi) is 6.23. The van der Waals surface area contributed by atoms with Gasteiger partial charge in [-0.2, -0.15) is 0 Å². The minimum absolute atomic E-state index is 0.00998. The second-order valence-corrected chi connectivity index (χ2v) is 11.5. The molecule has 1 atom stereocenters. The van der Waals surface area contributed by atoms with Crippen LogP contribution in [0.2, 0.25) is 0 Å². The standard InChI is InChI=1S/C17H27N3O5S2/c1-12-8-15(27(24,25)19(3)4)9-16(13(12)2)18-10-17(21)20(5)14-6-7-26(22,23)11-14/h8-9,14,18H,6-7,10-11H2,1-5H3. The molecule has 1 heterocycles. The average molecular weight is 418 g/mol. The van der Waals surface area contributed by atoms with E-state index in [0.29, 0.717) is 12.1 Å². The van der Waals surface area contributed by atoms with Gasteiger partial charge in [0.15, 0.2) is 9.84 Å². The highest BCUT2D eigenvalue weighted by Crippen LogP contribution is 2.25. The SMILES string of the molecule is Cc1cc(S(=O)(=O)N(C)C)cc(NCC(=O)N(C)C2CCS(=O)(=O)C2)c1C. The first-order valence-corrected chi connectivity index (χ1v) is 11.8. The van der Waals surface area contributed by atoms with Crippen molar-refractivity contribution in [1.29, 1.82) is 0 Å². The Labute approximate surface area is 161 Å². The van der Waals surface area contributed by atoms with Crippen LogP contribution in [-0.4, -0.2) is 77.2 Å². The van der Waals surface area contributed by atoms with Gasteiger partial charge in [0.2, 0.25) is 15.9 Å². The number of carbonyl (C=O) groups is 1. The number of rotatable bonds is 6. The van der Waals surface area contributed by atoms with E-state index in [4.69, 9.17) is 0 Å². The van der Waals surface area contributed by atoms with Crippen LogP contribution in [0, 0.1) is 13.8 Å². The Bertz CT molecular complexity index is 940. The molecule has 1 aliphatic heterocycles. The van der Waals surface area contributed by atoms with Crippen molar-refractivity contribution in [2.24, 2.45) is 0 Å². The van der Waals surface area contributed by atoms with Gasteiger partial charge < -0.3 is 10.2 Å². The van der Waals surface area contributed by atoms with Gasteiger partial charge in [0, 0.05) is 32.9 Å². The van der Waals surface area contributed by atoms with Crippen molar-refractivity contribution in [3.63, 3.8) is 0 Å². The van der Waals surface area contributed by atoms with Crippen LogP contribution in [0.1, 0.15) is 17.5 Å². The molecule has 1 aromatic carbocycles. The Morgan fingerprint density at radius 3 is 2.37 bits per heavy atom. The fraction of sp³-hybridized carbons (Fsp3) is 0.588. The smallest absolute Gasteiger partial charge is 0.242 e. The van der Waals surface area contributed by atoms with Crippen LogP contribution < -0.4 is 5.32 Å². The molecule has 0 aliphatic carbocycles. The highest BCUT2D eigenvalue weighted by Gasteiger charge is 2.32. The van der Waals surface area contributed by atoms with Crippen LogP contribution in [0.3, 0.4) is 0 Å². The first-order chi connectivity index (χ1) is 12.3. The third-order valence-electron chi connectivity index (χ3n) is 5.00. The number of hydrogen-bond acceptors (Lipinski definition) is 6. The molecular weight excluding hydrogens is 390 g/mol. The van der Waals surface area contributed by atoms with E-state index in [1.165, 1.54) is 25.1 Å². The number of nitrogens with zero attached hydrogens (tertiary/aromatic N) is 2. The van der Waals surface area contributed by atoms with Gasteiger partial charge in [-0.15, -0.1) is 0 Å². The second-order valence-electron chi connectivity index (χ2n) is 7.12. The quantitative estimate of drug-likeness (QED) is 0.727. The highest BCUT2D eigenvalue weighted by molar-refractivity contribution is 7.91. The normalized spacial score (nSPS) is 19.3. The maximum absolute atomic E-state index is 12.4. The largest absolute Gasteiger partial charge is 0.376 e. The molecule has 27 heavy (non-hydrogen) atoms. The Hall–Kier alpha value is -1.65. The van der Waals surface area contributed by atoms with E-state index in [0.717, 1.165) is 15.4 Å². The van der Waals surface area contributed by atoms with Crippen molar-refractivity contribution in [2.45, 2.75) is 31.2 Å². The van der Waals surface area contributed by atoms with Crippen molar-refractivity contribution in [3.8, 4) is 0 Å². The van der Waals surface area contributed by atoms with Crippen LogP contribution in [0.25, 0.3) is 0 Å². The number of amides is 1. The molecule has 0 saturated carbocycles. The van der Waals surface area contributed by atoms with Gasteiger partial charge >= 0.3 is 0 Å². The lowest BCUT2D eigenvalue weighted by Gasteiger charge is -2.24. The summed E-state index contributed by atoms with van der Waals surface area (Å²) < 4.78 is 49.1. The fourth-order valence-corrected chi connectivity index (χ4v) is 5.74. The summed E-state index contributed by atoms with van der Waals surface area (Å²) in [6, 6.07) is 2.81. The fourth-order valence-electron chi connectivity index (χ4n) is 2.95. The lowest BCUT2D eigenvalue weighted by atomic mass is 10.1. The van der Waals surface area contributed by atoms with Gasteiger partial charge in [0.25, 0.3) is 0 Å². The molecule has 2 rings (SSSR count). The zero-order valence-electron chi connectivity index (χ0n) is 16.3. The predicted molar refractivity (Wildman–Crippen MR) is 105 cm³/mol. The highest BCUT2D eigenvalue weighted by atomic mass is 32.2. The molecule has 1 unspecified atom stereocenters. The summed E-state index contributed by atoms with van der Waals surface area (Å²) in [5.74, 6) is -0.148. The van der Waals surface area contributed by atoms with Crippen molar-refractivity contribution < 1.29 is 21.6 Å². The molecular formula is C17H27N3O5S2. The summed E-state index contributed by atoms with van der Waals surface area (Å²) in [5, 5.41) is 3.01. The number of nitrogens with one attached hydrogen (secondary N) is 1. The van der Waals surface area contributed by atoms with Gasteiger partial charge in [0.05, 0.1) is 22.9 Å². The number of hydrogen-bond donors (Lipinski definition) is 1. The molecule has 1 aliphatic rings. The maximum atomic E-state index is 12.4. The van der Waals surface area contributed by atoms with E-state index in [9.17, 15) is 21.6 Å². The number of likely N-dealkylation sites (N-methyl/N-ethyl adjacent to an activating group) is 1. The van der Waals surface area contributed by atoms with Crippen molar-refractivity contribution in [3.05, 3.63) is 23.3 Å². The second kappa shape index (κ2) is 7.76. The van der Waals surface area contributed by atoms with Gasteiger partial charge in [-0.3, -0.25) is 4.79 Å². The van der Waals surface area contributed by atoms with E-state index >= 15 is 0 Å². The van der Waals surface area contributed by atoms with Crippen molar-refractivity contribution in [1.82, 2.24) is 9.21 Å². The van der Waals surface area contributed by atoms with Crippen LogP contribution in [-0.2, 0) is 24.7 Å². The lowest BCUT2D eigenvalue weighted by molar-refractivity contribution is -0.129. The van der Waals surface area contributed by atoms with Gasteiger partial charge in [-0.1, -0.05) is 0 Å². The first kappa shape index (κ1) is 21.6. The summed E-state index contributed by atoms with van der Waals surface area (Å²) in [4.78, 5) is 14.1. The number of sulfonamides is 1. The van der Waals surface area contributed by atoms with Gasteiger partial charge in [0.1, 0.15) is 0 Å². The summed E-state index contributed by atoms with van der Waals surface area (Å²) in [7, 11) is -2.13. The number of benzene rings is 1. The summed E-state index contributed by atoms with van der Waals surface area (Å²) >= 11 is 0. The molecule has 1 fully saturated rings. The average Bonchev–Trinajstić information content (AvgIpc) is 2.94. The van der Waals surface area contributed by atoms with Crippen molar-refractivity contribution in [2.75, 3.05) is 44.5 Å². The molecule has 0 aromatic heterocycles. The van der Waals surface area contributed by atoms with Gasteiger partial charge in [-0.25, -0.2) is 21.1 Å². The van der Waals surface area contributed by atoms with Gasteiger partial charge in [-0.05, 0) is 43.5 Å². The van der Waals surface area contributed by atoms with E-state index in [1.54, 1.807) is 13.1 Å². The molecule has 0 bridgehead atoms. The van der Waals surface area contributed by atoms with E-state index in [-0.39, 0.29) is 34.9 Å². The third kappa shape index (κ3) is 4.80. The summed E-state index contributed by atoms with van der Waals surface area (Å²) in [6.07, 6.45) is 0.444. The topological polar surface area (TPSA) is 104 Å². The maximum Gasteiger partial charge on any atom is 0.242 e. The minimum Gasteiger partial charge on any atom is -0.376 e. The van der Waals surface area contributed by atoms with Crippen molar-refractivity contribution >= 4 is 31.5 Å². The molecule has 0 spiro atoms. The summed E-state index contributed by atoms with van der Waals surface area (Å²) in [5.41, 5.74) is 2.21. The number of aryl methyl sites for hydroxylation is 1. The first-order valence-electron chi connectivity index (χ1n) is 8.59. The molecule has 1 saturated heterocycles. The molecule has 0 radical (unpaired) electrons. The van der Waals surface area contributed by atoms with Crippen LogP contribution >= 0.6 is 0 Å². The molecule has 1 N–H and O–H groups in total. The molecule has 152 valence electrons. The van der Waals surface area contributed by atoms with Crippen LogP contribution in [0.15, 0.2) is 17.0 Å². The zero-order chi connectivity index (χ0) is 20.6.